The van der Waals surface area contributed by atoms with Gasteiger partial charge in [0, 0.05) is 0 Å². The van der Waals surface area contributed by atoms with Gasteiger partial charge in [-0.2, -0.15) is 0 Å². The molecule has 0 aliphatic rings. The second-order valence-electron chi connectivity index (χ2n) is 4.27. The third-order valence-electron chi connectivity index (χ3n) is 2.95. The maximum atomic E-state index is 5.78. The Morgan fingerprint density at radius 3 is 2.74 bits per heavy atom. The molecule has 0 saturated heterocycles. The Hall–Kier alpha value is -2.57. The number of oxazole rings is 1. The van der Waals surface area contributed by atoms with Crippen molar-refractivity contribution < 1.29 is 9.05 Å². The molecule has 0 radical (unpaired) electrons. The fraction of sp³-hybridized carbons (Fsp3) is 0.250. The number of hydrogen-bond donors (Lipinski definition) is 2. The van der Waals surface area contributed by atoms with Crippen molar-refractivity contribution in [2.45, 2.75) is 20.4 Å². The van der Waals surface area contributed by atoms with E-state index in [0.29, 0.717) is 29.2 Å². The van der Waals surface area contributed by atoms with E-state index in [9.17, 15) is 0 Å². The van der Waals surface area contributed by atoms with Crippen LogP contribution in [0.2, 0.25) is 0 Å². The second-order valence-corrected chi connectivity index (χ2v) is 4.27. The van der Waals surface area contributed by atoms with E-state index in [1.165, 1.54) is 0 Å². The molecule has 0 unspecified atom stereocenters. The van der Waals surface area contributed by atoms with E-state index in [1.54, 1.807) is 6.07 Å². The number of nitrogens with zero attached hydrogens (tertiary/aromatic N) is 3. The predicted molar refractivity (Wildman–Crippen MR) is 69.5 cm³/mol. The SMILES string of the molecule is Cc1nc(CNc2ccc(N)c3nonc23)oc1C. The van der Waals surface area contributed by atoms with Crippen molar-refractivity contribution in [1.82, 2.24) is 15.3 Å². The van der Waals surface area contributed by atoms with Gasteiger partial charge in [-0.15, -0.1) is 0 Å². The fourth-order valence-electron chi connectivity index (χ4n) is 1.81. The normalized spacial score (nSPS) is 11.1. The summed E-state index contributed by atoms with van der Waals surface area (Å²) in [6.07, 6.45) is 0. The fourth-order valence-corrected chi connectivity index (χ4v) is 1.81. The van der Waals surface area contributed by atoms with Crippen LogP contribution in [0.3, 0.4) is 0 Å². The molecule has 2 heterocycles. The van der Waals surface area contributed by atoms with Crippen molar-refractivity contribution in [2.24, 2.45) is 0 Å². The van der Waals surface area contributed by atoms with Gasteiger partial charge in [-0.25, -0.2) is 9.61 Å². The molecule has 19 heavy (non-hydrogen) atoms. The molecule has 0 spiro atoms. The lowest BCUT2D eigenvalue weighted by Crippen LogP contribution is -2.01. The van der Waals surface area contributed by atoms with E-state index >= 15 is 0 Å². The molecular formula is C12H13N5O2. The van der Waals surface area contributed by atoms with Crippen LogP contribution in [0.5, 0.6) is 0 Å². The molecule has 98 valence electrons. The monoisotopic (exact) mass is 259 g/mol. The van der Waals surface area contributed by atoms with Crippen molar-refractivity contribution in [3.8, 4) is 0 Å². The first-order valence-corrected chi connectivity index (χ1v) is 5.82. The first-order valence-electron chi connectivity index (χ1n) is 5.82. The Morgan fingerprint density at radius 1 is 1.21 bits per heavy atom. The van der Waals surface area contributed by atoms with E-state index in [1.807, 2.05) is 19.9 Å². The van der Waals surface area contributed by atoms with Gasteiger partial charge in [0.1, 0.15) is 5.76 Å². The molecule has 7 heteroatoms. The lowest BCUT2D eigenvalue weighted by molar-refractivity contribution is 0.315. The standard InChI is InChI=1S/C12H13N5O2/c1-6-7(2)18-10(15-6)5-14-9-4-3-8(13)11-12(9)17-19-16-11/h3-4,14H,5,13H2,1-2H3. The molecule has 1 aromatic carbocycles. The maximum Gasteiger partial charge on any atom is 0.213 e. The van der Waals surface area contributed by atoms with Gasteiger partial charge >= 0.3 is 0 Å². The lowest BCUT2D eigenvalue weighted by Gasteiger charge is -2.04. The summed E-state index contributed by atoms with van der Waals surface area (Å²) in [5, 5.41) is 10.8. The zero-order chi connectivity index (χ0) is 13.4. The molecule has 7 nitrogen and oxygen atoms in total. The minimum Gasteiger partial charge on any atom is -0.444 e. The van der Waals surface area contributed by atoms with Crippen LogP contribution in [-0.2, 0) is 6.54 Å². The number of nitrogens with two attached hydrogens (primary N) is 1. The van der Waals surface area contributed by atoms with Crippen LogP contribution >= 0.6 is 0 Å². The molecule has 3 aromatic rings. The van der Waals surface area contributed by atoms with Crippen LogP contribution in [0, 0.1) is 13.8 Å². The Balaban J connectivity index is 1.86. The van der Waals surface area contributed by atoms with Crippen molar-refractivity contribution in [2.75, 3.05) is 11.1 Å². The second kappa shape index (κ2) is 4.27. The highest BCUT2D eigenvalue weighted by Crippen LogP contribution is 2.25. The molecule has 0 bridgehead atoms. The molecule has 0 fully saturated rings. The zero-order valence-corrected chi connectivity index (χ0v) is 10.6. The van der Waals surface area contributed by atoms with Crippen LogP contribution in [-0.4, -0.2) is 15.3 Å². The van der Waals surface area contributed by atoms with E-state index in [2.05, 4.69) is 20.6 Å². The number of rotatable bonds is 3. The first-order chi connectivity index (χ1) is 9.15. The average molecular weight is 259 g/mol. The van der Waals surface area contributed by atoms with Gasteiger partial charge in [-0.1, -0.05) is 0 Å². The number of anilines is 2. The maximum absolute atomic E-state index is 5.78. The van der Waals surface area contributed by atoms with Crippen molar-refractivity contribution in [3.63, 3.8) is 0 Å². The number of fused-ring (bicyclic) bond motifs is 1. The highest BCUT2D eigenvalue weighted by molar-refractivity contribution is 5.94. The summed E-state index contributed by atoms with van der Waals surface area (Å²) in [5.41, 5.74) is 9.12. The Bertz CT molecular complexity index is 711. The average Bonchev–Trinajstić information content (AvgIpc) is 2.98. The third kappa shape index (κ3) is 1.99. The van der Waals surface area contributed by atoms with Crippen LogP contribution in [0.15, 0.2) is 21.2 Å². The third-order valence-corrected chi connectivity index (χ3v) is 2.95. The number of aromatic nitrogens is 3. The number of benzene rings is 1. The van der Waals surface area contributed by atoms with E-state index in [-0.39, 0.29) is 0 Å². The molecule has 2 aromatic heterocycles. The first kappa shape index (κ1) is 11.5. The highest BCUT2D eigenvalue weighted by atomic mass is 16.6. The van der Waals surface area contributed by atoms with Crippen molar-refractivity contribution in [3.05, 3.63) is 29.5 Å². The van der Waals surface area contributed by atoms with Crippen molar-refractivity contribution >= 4 is 22.4 Å². The Morgan fingerprint density at radius 2 is 2.00 bits per heavy atom. The molecule has 0 saturated carbocycles. The van der Waals surface area contributed by atoms with Crippen LogP contribution in [0.4, 0.5) is 11.4 Å². The Labute approximate surface area is 108 Å². The van der Waals surface area contributed by atoms with Gasteiger partial charge in [0.15, 0.2) is 11.0 Å². The summed E-state index contributed by atoms with van der Waals surface area (Å²) in [4.78, 5) is 4.30. The minimum absolute atomic E-state index is 0.459. The summed E-state index contributed by atoms with van der Waals surface area (Å²) in [5.74, 6) is 1.44. The minimum atomic E-state index is 0.459. The molecule has 0 aliphatic carbocycles. The number of nitrogen functional groups attached to an aromatic ring is 1. The summed E-state index contributed by atoms with van der Waals surface area (Å²) in [6.45, 7) is 4.25. The van der Waals surface area contributed by atoms with E-state index in [4.69, 9.17) is 14.8 Å². The van der Waals surface area contributed by atoms with Gasteiger partial charge in [0.25, 0.3) is 0 Å². The number of hydrogen-bond acceptors (Lipinski definition) is 7. The molecular weight excluding hydrogens is 246 g/mol. The topological polar surface area (TPSA) is 103 Å². The zero-order valence-electron chi connectivity index (χ0n) is 10.6. The smallest absolute Gasteiger partial charge is 0.213 e. The summed E-state index contributed by atoms with van der Waals surface area (Å²) in [7, 11) is 0. The van der Waals surface area contributed by atoms with E-state index in [0.717, 1.165) is 17.1 Å². The van der Waals surface area contributed by atoms with Gasteiger partial charge in [-0.3, -0.25) is 0 Å². The molecule has 0 amide bonds. The van der Waals surface area contributed by atoms with Gasteiger partial charge in [0.2, 0.25) is 5.89 Å². The molecule has 3 N–H and O–H groups in total. The summed E-state index contributed by atoms with van der Waals surface area (Å²) < 4.78 is 10.2. The number of nitrogens with one attached hydrogen (secondary N) is 1. The number of aryl methyl sites for hydroxylation is 2. The predicted octanol–water partition coefficient (Wildman–Crippen LogP) is 2.02. The van der Waals surface area contributed by atoms with Gasteiger partial charge < -0.3 is 15.5 Å². The van der Waals surface area contributed by atoms with Crippen molar-refractivity contribution in [1.29, 1.82) is 0 Å². The summed E-state index contributed by atoms with van der Waals surface area (Å²) in [6, 6.07) is 3.57. The van der Waals surface area contributed by atoms with Crippen LogP contribution < -0.4 is 11.1 Å². The lowest BCUT2D eigenvalue weighted by atomic mass is 10.2. The van der Waals surface area contributed by atoms with Gasteiger partial charge in [-0.05, 0) is 36.3 Å². The largest absolute Gasteiger partial charge is 0.444 e. The molecule has 0 atom stereocenters. The highest BCUT2D eigenvalue weighted by Gasteiger charge is 2.11. The van der Waals surface area contributed by atoms with Crippen LogP contribution in [0.25, 0.3) is 11.0 Å². The molecule has 3 rings (SSSR count). The Kier molecular flexibility index (Phi) is 2.59. The van der Waals surface area contributed by atoms with E-state index < -0.39 is 0 Å². The summed E-state index contributed by atoms with van der Waals surface area (Å²) >= 11 is 0. The van der Waals surface area contributed by atoms with Gasteiger partial charge in [0.05, 0.1) is 23.6 Å². The van der Waals surface area contributed by atoms with Crippen LogP contribution in [0.1, 0.15) is 17.3 Å². The molecule has 0 aliphatic heterocycles. The quantitative estimate of drug-likeness (QED) is 0.693.